The van der Waals surface area contributed by atoms with Crippen molar-refractivity contribution in [1.29, 1.82) is 0 Å². The molecule has 1 aromatic heterocycles. The van der Waals surface area contributed by atoms with Crippen LogP contribution >= 0.6 is 15.9 Å². The van der Waals surface area contributed by atoms with E-state index in [0.717, 1.165) is 22.4 Å². The number of aromatic nitrogens is 1. The number of hydrogen-bond acceptors (Lipinski definition) is 3. The molecular weight excluding hydrogens is 258 g/mol. The molecule has 0 radical (unpaired) electrons. The van der Waals surface area contributed by atoms with Crippen LogP contribution in [0, 0.1) is 5.92 Å². The number of ether oxygens (including phenoxy) is 1. The second-order valence-corrected chi connectivity index (χ2v) is 4.77. The Hall–Kier alpha value is -0.610. The van der Waals surface area contributed by atoms with Gasteiger partial charge in [0.05, 0.1) is 13.2 Å². The van der Waals surface area contributed by atoms with Gasteiger partial charge in [-0.15, -0.1) is 0 Å². The summed E-state index contributed by atoms with van der Waals surface area (Å²) in [6, 6.07) is 1.83. The molecule has 1 aliphatic carbocycles. The van der Waals surface area contributed by atoms with Crippen LogP contribution in [0.25, 0.3) is 0 Å². The largest absolute Gasteiger partial charge is 0.477 e. The highest BCUT2D eigenvalue weighted by molar-refractivity contribution is 9.10. The van der Waals surface area contributed by atoms with E-state index < -0.39 is 0 Å². The Morgan fingerprint density at radius 1 is 1.53 bits per heavy atom. The standard InChI is InChI=1S/C11H14BrNO2/c12-10-5-9(7-14)11(13-6-10)15-4-3-8-1-2-8/h5-6,8,14H,1-4,7H2. The molecule has 3 nitrogen and oxygen atoms in total. The second-order valence-electron chi connectivity index (χ2n) is 3.86. The van der Waals surface area contributed by atoms with Crippen molar-refractivity contribution in [3.05, 3.63) is 22.3 Å². The monoisotopic (exact) mass is 271 g/mol. The number of halogens is 1. The fourth-order valence-electron chi connectivity index (χ4n) is 1.44. The van der Waals surface area contributed by atoms with Crippen LogP contribution in [-0.2, 0) is 6.61 Å². The molecule has 1 fully saturated rings. The summed E-state index contributed by atoms with van der Waals surface area (Å²) in [4.78, 5) is 4.14. The normalized spacial score (nSPS) is 15.3. The minimum absolute atomic E-state index is 0.0365. The van der Waals surface area contributed by atoms with E-state index in [9.17, 15) is 0 Å². The van der Waals surface area contributed by atoms with Crippen LogP contribution in [0.15, 0.2) is 16.7 Å². The average molecular weight is 272 g/mol. The third-order valence-corrected chi connectivity index (χ3v) is 2.96. The van der Waals surface area contributed by atoms with E-state index in [4.69, 9.17) is 9.84 Å². The minimum Gasteiger partial charge on any atom is -0.477 e. The summed E-state index contributed by atoms with van der Waals surface area (Å²) >= 11 is 3.31. The summed E-state index contributed by atoms with van der Waals surface area (Å²) in [5.41, 5.74) is 0.736. The Morgan fingerprint density at radius 3 is 3.00 bits per heavy atom. The molecule has 1 aromatic rings. The zero-order valence-corrected chi connectivity index (χ0v) is 10.0. The number of aliphatic hydroxyl groups excluding tert-OH is 1. The lowest BCUT2D eigenvalue weighted by atomic mass is 10.3. The van der Waals surface area contributed by atoms with Gasteiger partial charge in [-0.25, -0.2) is 4.98 Å². The Morgan fingerprint density at radius 2 is 2.33 bits per heavy atom. The Kier molecular flexibility index (Phi) is 3.59. The molecule has 4 heteroatoms. The highest BCUT2D eigenvalue weighted by Gasteiger charge is 2.21. The Bertz CT molecular complexity index is 339. The van der Waals surface area contributed by atoms with Gasteiger partial charge < -0.3 is 9.84 Å². The highest BCUT2D eigenvalue weighted by atomic mass is 79.9. The molecule has 0 unspecified atom stereocenters. The van der Waals surface area contributed by atoms with Gasteiger partial charge in [-0.1, -0.05) is 12.8 Å². The molecule has 0 atom stereocenters. The van der Waals surface area contributed by atoms with Crippen molar-refractivity contribution in [2.75, 3.05) is 6.61 Å². The fourth-order valence-corrected chi connectivity index (χ4v) is 1.82. The zero-order chi connectivity index (χ0) is 10.7. The van der Waals surface area contributed by atoms with E-state index in [1.54, 1.807) is 6.20 Å². The first-order valence-electron chi connectivity index (χ1n) is 5.17. The second kappa shape index (κ2) is 4.94. The molecule has 0 aromatic carbocycles. The van der Waals surface area contributed by atoms with Crippen LogP contribution in [0.3, 0.4) is 0 Å². The smallest absolute Gasteiger partial charge is 0.218 e. The molecule has 0 bridgehead atoms. The van der Waals surface area contributed by atoms with E-state index >= 15 is 0 Å². The Balaban J connectivity index is 1.92. The average Bonchev–Trinajstić information content (AvgIpc) is 3.04. The predicted octanol–water partition coefficient (Wildman–Crippen LogP) is 2.52. The molecular formula is C11H14BrNO2. The lowest BCUT2D eigenvalue weighted by Crippen LogP contribution is -2.03. The topological polar surface area (TPSA) is 42.4 Å². The molecule has 82 valence electrons. The van der Waals surface area contributed by atoms with Gasteiger partial charge in [0.2, 0.25) is 5.88 Å². The third kappa shape index (κ3) is 3.18. The number of hydrogen-bond donors (Lipinski definition) is 1. The summed E-state index contributed by atoms with van der Waals surface area (Å²) in [6.07, 6.45) is 5.46. The van der Waals surface area contributed by atoms with E-state index in [-0.39, 0.29) is 6.61 Å². The molecule has 0 spiro atoms. The molecule has 1 N–H and O–H groups in total. The van der Waals surface area contributed by atoms with Gasteiger partial charge in [0.1, 0.15) is 0 Å². The number of nitrogens with zero attached hydrogens (tertiary/aromatic N) is 1. The maximum atomic E-state index is 9.12. The van der Waals surface area contributed by atoms with Gasteiger partial charge in [0, 0.05) is 16.2 Å². The van der Waals surface area contributed by atoms with Gasteiger partial charge in [0.15, 0.2) is 0 Å². The first-order valence-corrected chi connectivity index (χ1v) is 5.97. The van der Waals surface area contributed by atoms with Gasteiger partial charge in [0.25, 0.3) is 0 Å². The van der Waals surface area contributed by atoms with Crippen LogP contribution in [0.5, 0.6) is 5.88 Å². The molecule has 1 heterocycles. The van der Waals surface area contributed by atoms with Crippen molar-refractivity contribution >= 4 is 15.9 Å². The summed E-state index contributed by atoms with van der Waals surface area (Å²) in [5, 5.41) is 9.12. The van der Waals surface area contributed by atoms with E-state index in [1.165, 1.54) is 12.8 Å². The van der Waals surface area contributed by atoms with Gasteiger partial charge >= 0.3 is 0 Å². The number of pyridine rings is 1. The summed E-state index contributed by atoms with van der Waals surface area (Å²) in [7, 11) is 0. The van der Waals surface area contributed by atoms with Crippen molar-refractivity contribution in [3.63, 3.8) is 0 Å². The third-order valence-electron chi connectivity index (χ3n) is 2.52. The van der Waals surface area contributed by atoms with Crippen molar-refractivity contribution in [2.24, 2.45) is 5.92 Å². The molecule has 0 amide bonds. The lowest BCUT2D eigenvalue weighted by molar-refractivity contribution is 0.253. The summed E-state index contributed by atoms with van der Waals surface area (Å²) < 4.78 is 6.40. The van der Waals surface area contributed by atoms with Gasteiger partial charge in [-0.05, 0) is 34.3 Å². The van der Waals surface area contributed by atoms with E-state index in [0.29, 0.717) is 12.5 Å². The molecule has 1 aliphatic rings. The summed E-state index contributed by atoms with van der Waals surface area (Å²) in [5.74, 6) is 1.42. The number of aliphatic hydroxyl groups is 1. The van der Waals surface area contributed by atoms with Crippen LogP contribution in [0.4, 0.5) is 0 Å². The molecule has 2 rings (SSSR count). The first-order chi connectivity index (χ1) is 7.29. The van der Waals surface area contributed by atoms with Crippen molar-refractivity contribution in [2.45, 2.75) is 25.9 Å². The van der Waals surface area contributed by atoms with Crippen LogP contribution < -0.4 is 4.74 Å². The number of rotatable bonds is 5. The minimum atomic E-state index is -0.0365. The fraction of sp³-hybridized carbons (Fsp3) is 0.545. The molecule has 0 saturated heterocycles. The van der Waals surface area contributed by atoms with Crippen LogP contribution in [0.2, 0.25) is 0 Å². The predicted molar refractivity (Wildman–Crippen MR) is 60.7 cm³/mol. The van der Waals surface area contributed by atoms with E-state index in [2.05, 4.69) is 20.9 Å². The Labute approximate surface area is 97.6 Å². The quantitative estimate of drug-likeness (QED) is 0.895. The van der Waals surface area contributed by atoms with Crippen molar-refractivity contribution in [3.8, 4) is 5.88 Å². The van der Waals surface area contributed by atoms with Crippen LogP contribution in [0.1, 0.15) is 24.8 Å². The maximum Gasteiger partial charge on any atom is 0.218 e. The van der Waals surface area contributed by atoms with E-state index in [1.807, 2.05) is 6.07 Å². The first kappa shape index (κ1) is 10.9. The van der Waals surface area contributed by atoms with Gasteiger partial charge in [-0.3, -0.25) is 0 Å². The highest BCUT2D eigenvalue weighted by Crippen LogP contribution is 2.32. The van der Waals surface area contributed by atoms with Crippen molar-refractivity contribution in [1.82, 2.24) is 4.98 Å². The maximum absolute atomic E-state index is 9.12. The molecule has 1 saturated carbocycles. The summed E-state index contributed by atoms with van der Waals surface area (Å²) in [6.45, 7) is 0.664. The lowest BCUT2D eigenvalue weighted by Gasteiger charge is -2.08. The van der Waals surface area contributed by atoms with Gasteiger partial charge in [-0.2, -0.15) is 0 Å². The SMILES string of the molecule is OCc1cc(Br)cnc1OCCC1CC1. The van der Waals surface area contributed by atoms with Crippen LogP contribution in [-0.4, -0.2) is 16.7 Å². The molecule has 15 heavy (non-hydrogen) atoms. The zero-order valence-electron chi connectivity index (χ0n) is 8.45. The molecule has 0 aliphatic heterocycles. The van der Waals surface area contributed by atoms with Crippen molar-refractivity contribution < 1.29 is 9.84 Å².